The van der Waals surface area contributed by atoms with Gasteiger partial charge in [0.1, 0.15) is 10.4 Å². The highest BCUT2D eigenvalue weighted by Gasteiger charge is 2.21. The summed E-state index contributed by atoms with van der Waals surface area (Å²) in [5.41, 5.74) is 0.486. The van der Waals surface area contributed by atoms with Crippen LogP contribution >= 0.6 is 0 Å². The van der Waals surface area contributed by atoms with Crippen LogP contribution in [0.2, 0.25) is 0 Å². The van der Waals surface area contributed by atoms with Crippen molar-refractivity contribution < 1.29 is 30.9 Å². The fourth-order valence-electron chi connectivity index (χ4n) is 2.76. The van der Waals surface area contributed by atoms with Gasteiger partial charge >= 0.3 is 6.01 Å². The molecule has 33 heavy (non-hydrogen) atoms. The van der Waals surface area contributed by atoms with Crippen LogP contribution < -0.4 is 18.9 Å². The largest absolute Gasteiger partial charge is 0.481 e. The Kier molecular flexibility index (Phi) is 5.73. The fourth-order valence-corrected chi connectivity index (χ4v) is 4.96. The number of fused-ring (bicyclic) bond motifs is 1. The molecule has 4 aromatic rings. The Labute approximate surface area is 187 Å². The molecular weight excluding hydrogens is 476 g/mol. The first kappa shape index (κ1) is 22.2. The molecule has 2 N–H and O–H groups in total. The highest BCUT2D eigenvalue weighted by atomic mass is 32.2. The number of nitrogens with zero attached hydrogens (tertiary/aromatic N) is 4. The van der Waals surface area contributed by atoms with Crippen molar-refractivity contribution in [2.75, 3.05) is 23.7 Å². The van der Waals surface area contributed by atoms with E-state index in [9.17, 15) is 16.8 Å². The van der Waals surface area contributed by atoms with E-state index in [4.69, 9.17) is 9.47 Å². The van der Waals surface area contributed by atoms with Crippen LogP contribution in [0.1, 0.15) is 0 Å². The molecule has 15 heteroatoms. The summed E-state index contributed by atoms with van der Waals surface area (Å²) < 4.78 is 70.1. The molecule has 0 saturated carbocycles. The second-order valence-corrected chi connectivity index (χ2v) is 9.74. The van der Waals surface area contributed by atoms with E-state index in [0.29, 0.717) is 0 Å². The Morgan fingerprint density at radius 1 is 0.848 bits per heavy atom. The van der Waals surface area contributed by atoms with E-state index in [1.165, 1.54) is 56.7 Å². The summed E-state index contributed by atoms with van der Waals surface area (Å²) in [4.78, 5) is 7.54. The van der Waals surface area contributed by atoms with Gasteiger partial charge in [0.2, 0.25) is 5.88 Å². The SMILES string of the molecule is COc1cc(NS(=O)(=O)c2ccc(NS(=O)(=O)c3cccc4nonc34)cc2)nc(OC)n1. The lowest BCUT2D eigenvalue weighted by atomic mass is 10.3. The minimum absolute atomic E-state index is 0.0715. The van der Waals surface area contributed by atoms with Crippen molar-refractivity contribution >= 4 is 42.6 Å². The molecule has 0 amide bonds. The second kappa shape index (κ2) is 8.51. The van der Waals surface area contributed by atoms with Crippen molar-refractivity contribution in [3.05, 3.63) is 48.5 Å². The van der Waals surface area contributed by atoms with Gasteiger partial charge in [-0.05, 0) is 46.7 Å². The first-order valence-electron chi connectivity index (χ1n) is 9.06. The third-order valence-electron chi connectivity index (χ3n) is 4.27. The Morgan fingerprint density at radius 2 is 1.61 bits per heavy atom. The summed E-state index contributed by atoms with van der Waals surface area (Å²) >= 11 is 0. The Balaban J connectivity index is 1.56. The molecule has 2 aromatic heterocycles. The Hall–Kier alpha value is -3.98. The van der Waals surface area contributed by atoms with Crippen molar-refractivity contribution in [2.24, 2.45) is 0 Å². The summed E-state index contributed by atoms with van der Waals surface area (Å²) in [6.07, 6.45) is 0. The van der Waals surface area contributed by atoms with Crippen molar-refractivity contribution in [1.29, 1.82) is 0 Å². The van der Waals surface area contributed by atoms with Crippen LogP contribution in [-0.2, 0) is 20.0 Å². The molecule has 0 aliphatic carbocycles. The molecule has 172 valence electrons. The number of nitrogens with one attached hydrogen (secondary N) is 2. The van der Waals surface area contributed by atoms with Gasteiger partial charge in [0, 0.05) is 11.8 Å². The van der Waals surface area contributed by atoms with Crippen LogP contribution in [0.3, 0.4) is 0 Å². The van der Waals surface area contributed by atoms with Gasteiger partial charge in [-0.25, -0.2) is 21.5 Å². The van der Waals surface area contributed by atoms with Gasteiger partial charge in [0.05, 0.1) is 19.1 Å². The van der Waals surface area contributed by atoms with Crippen LogP contribution in [0.25, 0.3) is 11.0 Å². The number of hydrogen-bond acceptors (Lipinski definition) is 11. The number of anilines is 2. The number of aromatic nitrogens is 4. The van der Waals surface area contributed by atoms with Gasteiger partial charge in [0.15, 0.2) is 11.3 Å². The minimum Gasteiger partial charge on any atom is -0.481 e. The standard InChI is InChI=1S/C18H16N6O7S2/c1-29-16-10-15(19-18(20-16)30-2)24-32(25,26)12-8-6-11(7-9-12)23-33(27,28)14-5-3-4-13-17(14)22-31-21-13/h3-10,23H,1-2H3,(H,19,20,24). The monoisotopic (exact) mass is 492 g/mol. The van der Waals surface area contributed by atoms with Gasteiger partial charge in [-0.15, -0.1) is 0 Å². The van der Waals surface area contributed by atoms with Crippen LogP contribution in [0, 0.1) is 0 Å². The zero-order valence-corrected chi connectivity index (χ0v) is 18.7. The fraction of sp³-hybridized carbons (Fsp3) is 0.111. The first-order chi connectivity index (χ1) is 15.7. The Morgan fingerprint density at radius 3 is 2.30 bits per heavy atom. The maximum Gasteiger partial charge on any atom is 0.321 e. The zero-order valence-electron chi connectivity index (χ0n) is 17.1. The van der Waals surface area contributed by atoms with Gasteiger partial charge in [0.25, 0.3) is 20.0 Å². The lowest BCUT2D eigenvalue weighted by Gasteiger charge is -2.11. The zero-order chi connectivity index (χ0) is 23.6. The van der Waals surface area contributed by atoms with Crippen LogP contribution in [0.15, 0.2) is 63.0 Å². The van der Waals surface area contributed by atoms with E-state index < -0.39 is 20.0 Å². The number of sulfonamides is 2. The van der Waals surface area contributed by atoms with Gasteiger partial charge in [-0.3, -0.25) is 9.44 Å². The molecule has 0 fully saturated rings. The number of hydrogen-bond donors (Lipinski definition) is 2. The summed E-state index contributed by atoms with van der Waals surface area (Å²) in [6, 6.07) is 10.7. The molecule has 0 aliphatic heterocycles. The minimum atomic E-state index is -4.06. The third kappa shape index (κ3) is 4.63. The number of ether oxygens (including phenoxy) is 2. The molecular formula is C18H16N6O7S2. The number of rotatable bonds is 8. The molecule has 0 unspecified atom stereocenters. The highest BCUT2D eigenvalue weighted by molar-refractivity contribution is 7.93. The first-order valence-corrected chi connectivity index (χ1v) is 12.0. The highest BCUT2D eigenvalue weighted by Crippen LogP contribution is 2.24. The van der Waals surface area contributed by atoms with E-state index in [2.05, 4.69) is 34.4 Å². The van der Waals surface area contributed by atoms with Crippen LogP contribution in [0.4, 0.5) is 11.5 Å². The van der Waals surface area contributed by atoms with Crippen LogP contribution in [0.5, 0.6) is 11.9 Å². The summed E-state index contributed by atoms with van der Waals surface area (Å²) in [5, 5.41) is 7.23. The normalized spacial score (nSPS) is 11.8. The molecule has 0 radical (unpaired) electrons. The van der Waals surface area contributed by atoms with Gasteiger partial charge < -0.3 is 9.47 Å². The molecule has 0 atom stereocenters. The molecule has 0 saturated heterocycles. The maximum absolute atomic E-state index is 12.8. The van der Waals surface area contributed by atoms with Gasteiger partial charge in [-0.1, -0.05) is 6.07 Å². The third-order valence-corrected chi connectivity index (χ3v) is 7.05. The number of benzene rings is 2. The smallest absolute Gasteiger partial charge is 0.321 e. The van der Waals surface area contributed by atoms with Crippen LogP contribution in [-0.4, -0.2) is 51.3 Å². The van der Waals surface area contributed by atoms with E-state index in [-0.39, 0.29) is 44.2 Å². The summed E-state index contributed by atoms with van der Waals surface area (Å²) in [7, 11) is -5.41. The lowest BCUT2D eigenvalue weighted by Crippen LogP contribution is -2.15. The van der Waals surface area contributed by atoms with Crippen molar-refractivity contribution in [1.82, 2.24) is 20.3 Å². The quantitative estimate of drug-likeness (QED) is 0.365. The van der Waals surface area contributed by atoms with E-state index in [1.54, 1.807) is 6.07 Å². The summed E-state index contributed by atoms with van der Waals surface area (Å²) in [6.45, 7) is 0. The lowest BCUT2D eigenvalue weighted by molar-refractivity contribution is 0.315. The molecule has 0 aliphatic rings. The molecule has 2 heterocycles. The van der Waals surface area contributed by atoms with Gasteiger partial charge in [-0.2, -0.15) is 9.97 Å². The van der Waals surface area contributed by atoms with E-state index >= 15 is 0 Å². The predicted octanol–water partition coefficient (Wildman–Crippen LogP) is 1.63. The summed E-state index contributed by atoms with van der Waals surface area (Å²) in [5.74, 6) is 0.0273. The average Bonchev–Trinajstić information content (AvgIpc) is 3.27. The van der Waals surface area contributed by atoms with Crippen molar-refractivity contribution in [2.45, 2.75) is 9.79 Å². The Bertz CT molecular complexity index is 1500. The molecule has 13 nitrogen and oxygen atoms in total. The van der Waals surface area contributed by atoms with Crippen molar-refractivity contribution in [3.63, 3.8) is 0 Å². The molecule has 2 aromatic carbocycles. The van der Waals surface area contributed by atoms with E-state index in [1.807, 2.05) is 0 Å². The second-order valence-electron chi connectivity index (χ2n) is 6.41. The van der Waals surface area contributed by atoms with E-state index in [0.717, 1.165) is 0 Å². The molecule has 4 rings (SSSR count). The number of methoxy groups -OCH3 is 2. The molecule has 0 spiro atoms. The average molecular weight is 492 g/mol. The maximum atomic E-state index is 12.8. The topological polar surface area (TPSA) is 176 Å². The molecule has 0 bridgehead atoms. The van der Waals surface area contributed by atoms with Crippen molar-refractivity contribution in [3.8, 4) is 11.9 Å². The predicted molar refractivity (Wildman–Crippen MR) is 115 cm³/mol.